The summed E-state index contributed by atoms with van der Waals surface area (Å²) < 4.78 is 10.9. The van der Waals surface area contributed by atoms with Gasteiger partial charge in [-0.25, -0.2) is 0 Å². The molecule has 1 aromatic carbocycles. The van der Waals surface area contributed by atoms with Gasteiger partial charge in [-0.15, -0.1) is 11.8 Å². The first kappa shape index (κ1) is 16.0. The van der Waals surface area contributed by atoms with Crippen molar-refractivity contribution >= 4 is 17.7 Å². The minimum absolute atomic E-state index is 0.0272. The van der Waals surface area contributed by atoms with Gasteiger partial charge in [0.25, 0.3) is 0 Å². The van der Waals surface area contributed by atoms with Crippen molar-refractivity contribution in [1.82, 2.24) is 4.90 Å². The zero-order valence-corrected chi connectivity index (χ0v) is 13.7. The summed E-state index contributed by atoms with van der Waals surface area (Å²) in [6.45, 7) is 2.91. The molecule has 1 saturated heterocycles. The highest BCUT2D eigenvalue weighted by Crippen LogP contribution is 2.45. The second-order valence-corrected chi connectivity index (χ2v) is 6.18. The molecule has 0 N–H and O–H groups in total. The maximum Gasteiger partial charge on any atom is 0.223 e. The predicted molar refractivity (Wildman–Crippen MR) is 86.0 cm³/mol. The van der Waals surface area contributed by atoms with Gasteiger partial charge < -0.3 is 14.4 Å². The van der Waals surface area contributed by atoms with Crippen molar-refractivity contribution in [3.8, 4) is 11.5 Å². The van der Waals surface area contributed by atoms with Crippen LogP contribution in [-0.4, -0.2) is 37.3 Å². The molecule has 0 unspecified atom stereocenters. The number of carbonyl (C=O) groups is 1. The lowest BCUT2D eigenvalue weighted by Crippen LogP contribution is -2.30. The first-order valence-electron chi connectivity index (χ1n) is 7.34. The summed E-state index contributed by atoms with van der Waals surface area (Å²) in [5, 5.41) is 0.0272. The largest absolute Gasteiger partial charge is 0.493 e. The van der Waals surface area contributed by atoms with Gasteiger partial charge in [-0.1, -0.05) is 25.5 Å². The number of thioether (sulfide) groups is 1. The highest BCUT2D eigenvalue weighted by Gasteiger charge is 2.32. The van der Waals surface area contributed by atoms with Crippen molar-refractivity contribution in [2.75, 3.05) is 26.5 Å². The zero-order chi connectivity index (χ0) is 15.2. The molecule has 1 aliphatic rings. The molecule has 1 fully saturated rings. The molecule has 0 spiro atoms. The van der Waals surface area contributed by atoms with Crippen molar-refractivity contribution in [3.63, 3.8) is 0 Å². The van der Waals surface area contributed by atoms with Gasteiger partial charge in [0.2, 0.25) is 5.91 Å². The molecule has 0 aromatic heterocycles. The van der Waals surface area contributed by atoms with E-state index in [0.717, 1.165) is 36.5 Å². The Kier molecular flexibility index (Phi) is 5.79. The Morgan fingerprint density at radius 2 is 2.19 bits per heavy atom. The third-order valence-electron chi connectivity index (χ3n) is 3.65. The highest BCUT2D eigenvalue weighted by molar-refractivity contribution is 7.99. The molecule has 1 aromatic rings. The van der Waals surface area contributed by atoms with Crippen LogP contribution in [-0.2, 0) is 4.79 Å². The molecule has 21 heavy (non-hydrogen) atoms. The number of unbranched alkanes of at least 4 members (excludes halogenated alkanes) is 1. The minimum Gasteiger partial charge on any atom is -0.493 e. The van der Waals surface area contributed by atoms with Crippen LogP contribution in [0.25, 0.3) is 0 Å². The van der Waals surface area contributed by atoms with E-state index in [1.165, 1.54) is 0 Å². The summed E-state index contributed by atoms with van der Waals surface area (Å²) in [4.78, 5) is 14.4. The fraction of sp³-hybridized carbons (Fsp3) is 0.562. The van der Waals surface area contributed by atoms with E-state index in [9.17, 15) is 4.79 Å². The number of rotatable bonds is 6. The number of amides is 1. The van der Waals surface area contributed by atoms with Gasteiger partial charge in [-0.2, -0.15) is 0 Å². The van der Waals surface area contributed by atoms with Gasteiger partial charge in [0, 0.05) is 24.3 Å². The molecule has 0 saturated carbocycles. The lowest BCUT2D eigenvalue weighted by Gasteiger charge is -2.26. The van der Waals surface area contributed by atoms with Gasteiger partial charge in [0.05, 0.1) is 14.2 Å². The lowest BCUT2D eigenvalue weighted by atomic mass is 10.1. The van der Waals surface area contributed by atoms with E-state index in [1.807, 2.05) is 23.1 Å². The number of hydrogen-bond donors (Lipinski definition) is 0. The maximum atomic E-state index is 12.4. The average molecular weight is 309 g/mol. The van der Waals surface area contributed by atoms with Crippen LogP contribution in [0, 0.1) is 0 Å². The minimum atomic E-state index is 0.0272. The molecular weight excluding hydrogens is 286 g/mol. The van der Waals surface area contributed by atoms with Crippen molar-refractivity contribution in [2.45, 2.75) is 31.6 Å². The monoisotopic (exact) mass is 309 g/mol. The van der Waals surface area contributed by atoms with Crippen LogP contribution in [0.2, 0.25) is 0 Å². The molecule has 0 aliphatic carbocycles. The fourth-order valence-electron chi connectivity index (χ4n) is 2.56. The summed E-state index contributed by atoms with van der Waals surface area (Å²) >= 11 is 1.78. The van der Waals surface area contributed by atoms with E-state index in [1.54, 1.807) is 26.0 Å². The fourth-order valence-corrected chi connectivity index (χ4v) is 3.85. The summed E-state index contributed by atoms with van der Waals surface area (Å²) in [5.41, 5.74) is 1.02. The topological polar surface area (TPSA) is 38.8 Å². The van der Waals surface area contributed by atoms with Gasteiger partial charge in [-0.05, 0) is 12.5 Å². The van der Waals surface area contributed by atoms with Crippen molar-refractivity contribution in [1.29, 1.82) is 0 Å². The Morgan fingerprint density at radius 3 is 2.86 bits per heavy atom. The first-order valence-corrected chi connectivity index (χ1v) is 8.39. The van der Waals surface area contributed by atoms with Crippen molar-refractivity contribution in [2.24, 2.45) is 0 Å². The molecular formula is C16H23NO3S. The number of ether oxygens (including phenoxy) is 2. The van der Waals surface area contributed by atoms with Crippen LogP contribution < -0.4 is 9.47 Å². The molecule has 1 aliphatic heterocycles. The molecule has 1 heterocycles. The van der Waals surface area contributed by atoms with E-state index in [2.05, 4.69) is 6.92 Å². The van der Waals surface area contributed by atoms with Crippen LogP contribution in [0.5, 0.6) is 11.5 Å². The van der Waals surface area contributed by atoms with Crippen LogP contribution in [0.15, 0.2) is 18.2 Å². The second kappa shape index (κ2) is 7.59. The van der Waals surface area contributed by atoms with Gasteiger partial charge >= 0.3 is 0 Å². The SMILES string of the molecule is CCCCC(=O)N1CCS[C@@H]1c1cccc(OC)c1OC. The average Bonchev–Trinajstić information content (AvgIpc) is 3.01. The summed E-state index contributed by atoms with van der Waals surface area (Å²) in [7, 11) is 3.28. The predicted octanol–water partition coefficient (Wildman–Crippen LogP) is 3.47. The number of benzene rings is 1. The molecule has 1 amide bonds. The van der Waals surface area contributed by atoms with Crippen LogP contribution in [0.4, 0.5) is 0 Å². The quantitative estimate of drug-likeness (QED) is 0.806. The molecule has 0 bridgehead atoms. The number of para-hydroxylation sites is 1. The molecule has 4 nitrogen and oxygen atoms in total. The standard InChI is InChI=1S/C16H23NO3S/c1-4-5-9-14(18)17-10-11-21-16(17)12-7-6-8-13(19-2)15(12)20-3/h6-8,16H,4-5,9-11H2,1-3H3/t16-/m1/s1. The highest BCUT2D eigenvalue weighted by atomic mass is 32.2. The van der Waals surface area contributed by atoms with Crippen molar-refractivity contribution in [3.05, 3.63) is 23.8 Å². The van der Waals surface area contributed by atoms with E-state index < -0.39 is 0 Å². The summed E-state index contributed by atoms with van der Waals surface area (Å²) in [6, 6.07) is 5.85. The molecule has 5 heteroatoms. The Hall–Kier alpha value is -1.36. The van der Waals surface area contributed by atoms with Crippen LogP contribution >= 0.6 is 11.8 Å². The van der Waals surface area contributed by atoms with Gasteiger partial charge in [0.1, 0.15) is 5.37 Å². The van der Waals surface area contributed by atoms with Crippen molar-refractivity contribution < 1.29 is 14.3 Å². The smallest absolute Gasteiger partial charge is 0.223 e. The number of methoxy groups -OCH3 is 2. The number of nitrogens with zero attached hydrogens (tertiary/aromatic N) is 1. The number of carbonyl (C=O) groups excluding carboxylic acids is 1. The number of hydrogen-bond acceptors (Lipinski definition) is 4. The maximum absolute atomic E-state index is 12.4. The lowest BCUT2D eigenvalue weighted by molar-refractivity contribution is -0.131. The Labute approximate surface area is 130 Å². The first-order chi connectivity index (χ1) is 10.2. The molecule has 1 atom stereocenters. The second-order valence-electron chi connectivity index (χ2n) is 5.00. The van der Waals surface area contributed by atoms with E-state index in [4.69, 9.17) is 9.47 Å². The van der Waals surface area contributed by atoms with Gasteiger partial charge in [0.15, 0.2) is 11.5 Å². The summed E-state index contributed by atoms with van der Waals surface area (Å²) in [6.07, 6.45) is 2.61. The zero-order valence-electron chi connectivity index (χ0n) is 12.9. The third-order valence-corrected chi connectivity index (χ3v) is 4.90. The third kappa shape index (κ3) is 3.46. The molecule has 0 radical (unpaired) electrons. The van der Waals surface area contributed by atoms with E-state index >= 15 is 0 Å². The van der Waals surface area contributed by atoms with Crippen LogP contribution in [0.1, 0.15) is 37.1 Å². The van der Waals surface area contributed by atoms with Gasteiger partial charge in [-0.3, -0.25) is 4.79 Å². The Morgan fingerprint density at radius 1 is 1.38 bits per heavy atom. The van der Waals surface area contributed by atoms with E-state index in [-0.39, 0.29) is 11.3 Å². The Balaban J connectivity index is 2.25. The molecule has 116 valence electrons. The molecule has 2 rings (SSSR count). The summed E-state index contributed by atoms with van der Waals surface area (Å²) in [5.74, 6) is 2.64. The Bertz CT molecular complexity index is 492. The van der Waals surface area contributed by atoms with Crippen LogP contribution in [0.3, 0.4) is 0 Å². The normalized spacial score (nSPS) is 17.9. The van der Waals surface area contributed by atoms with E-state index in [0.29, 0.717) is 12.2 Å².